The minimum absolute atomic E-state index is 0.0266. The Kier molecular flexibility index (Phi) is 3.74. The lowest BCUT2D eigenvalue weighted by Crippen LogP contribution is -2.26. The molecule has 0 fully saturated rings. The van der Waals surface area contributed by atoms with E-state index >= 15 is 0 Å². The Hall–Kier alpha value is -2.37. The van der Waals surface area contributed by atoms with Crippen molar-refractivity contribution in [3.63, 3.8) is 0 Å². The zero-order valence-corrected chi connectivity index (χ0v) is 11.8. The van der Waals surface area contributed by atoms with Gasteiger partial charge in [0, 0.05) is 20.5 Å². The van der Waals surface area contributed by atoms with Crippen molar-refractivity contribution in [1.82, 2.24) is 14.5 Å². The molecule has 0 atom stereocenters. The molecule has 1 heterocycles. The van der Waals surface area contributed by atoms with Gasteiger partial charge in [0.2, 0.25) is 5.91 Å². The molecule has 20 heavy (non-hydrogen) atoms. The summed E-state index contributed by atoms with van der Waals surface area (Å²) in [4.78, 5) is 28.8. The molecule has 106 valence electrons. The molecule has 1 aromatic carbocycles. The lowest BCUT2D eigenvalue weighted by molar-refractivity contribution is -0.129. The van der Waals surface area contributed by atoms with Crippen molar-refractivity contribution in [2.45, 2.75) is 19.9 Å². The lowest BCUT2D eigenvalue weighted by atomic mass is 10.2. The second-order valence-electron chi connectivity index (χ2n) is 4.76. The normalized spacial score (nSPS) is 10.8. The van der Waals surface area contributed by atoms with E-state index in [-0.39, 0.29) is 18.0 Å². The maximum absolute atomic E-state index is 11.9. The van der Waals surface area contributed by atoms with Crippen LogP contribution in [0.4, 0.5) is 0 Å². The number of benzene rings is 1. The van der Waals surface area contributed by atoms with Crippen molar-refractivity contribution in [3.05, 3.63) is 29.6 Å². The molecule has 2 aromatic rings. The van der Waals surface area contributed by atoms with Crippen LogP contribution in [0.2, 0.25) is 0 Å². The summed E-state index contributed by atoms with van der Waals surface area (Å²) in [5, 5.41) is 9.00. The minimum atomic E-state index is -0.983. The molecule has 0 saturated heterocycles. The smallest absolute Gasteiger partial charge is 0.335 e. The number of aromatic carboxylic acids is 1. The standard InChI is InChI=1S/C14H17N3O3/c1-4-12-15-10-7-9(14(19)20)5-6-11(10)17(12)8-13(18)16(2)3/h5-7H,4,8H2,1-3H3,(H,19,20). The molecule has 0 radical (unpaired) electrons. The third-order valence-corrected chi connectivity index (χ3v) is 3.18. The van der Waals surface area contributed by atoms with E-state index in [0.29, 0.717) is 11.9 Å². The monoisotopic (exact) mass is 275 g/mol. The van der Waals surface area contributed by atoms with E-state index in [2.05, 4.69) is 4.98 Å². The zero-order chi connectivity index (χ0) is 14.9. The maximum Gasteiger partial charge on any atom is 0.335 e. The molecule has 0 aliphatic heterocycles. The van der Waals surface area contributed by atoms with Crippen molar-refractivity contribution in [1.29, 1.82) is 0 Å². The first kappa shape index (κ1) is 14.0. The van der Waals surface area contributed by atoms with E-state index in [4.69, 9.17) is 5.11 Å². The Bertz CT molecular complexity index is 674. The number of carboxylic acids is 1. The van der Waals surface area contributed by atoms with Crippen LogP contribution in [-0.2, 0) is 17.8 Å². The first-order valence-corrected chi connectivity index (χ1v) is 6.36. The number of likely N-dealkylation sites (N-methyl/N-ethyl adjacent to an activating group) is 1. The largest absolute Gasteiger partial charge is 0.478 e. The molecule has 2 rings (SSSR count). The number of carboxylic acid groups (broad SMARTS) is 1. The van der Waals surface area contributed by atoms with Crippen LogP contribution in [-0.4, -0.2) is 45.5 Å². The molecule has 0 aliphatic rings. The number of aryl methyl sites for hydroxylation is 1. The molecule has 0 bridgehead atoms. The molecule has 1 amide bonds. The van der Waals surface area contributed by atoms with Crippen LogP contribution in [0.25, 0.3) is 11.0 Å². The molecule has 1 N–H and O–H groups in total. The van der Waals surface area contributed by atoms with Crippen molar-refractivity contribution < 1.29 is 14.7 Å². The van der Waals surface area contributed by atoms with Crippen LogP contribution in [0.1, 0.15) is 23.1 Å². The van der Waals surface area contributed by atoms with Gasteiger partial charge in [-0.25, -0.2) is 9.78 Å². The number of rotatable bonds is 4. The highest BCUT2D eigenvalue weighted by atomic mass is 16.4. The summed E-state index contributed by atoms with van der Waals surface area (Å²) in [6.07, 6.45) is 0.678. The van der Waals surface area contributed by atoms with Crippen LogP contribution in [0.15, 0.2) is 18.2 Å². The molecule has 0 saturated carbocycles. The summed E-state index contributed by atoms with van der Waals surface area (Å²) in [6.45, 7) is 2.16. The summed E-state index contributed by atoms with van der Waals surface area (Å²) in [6, 6.07) is 4.77. The molecule has 1 aromatic heterocycles. The van der Waals surface area contributed by atoms with Gasteiger partial charge in [-0.1, -0.05) is 6.92 Å². The topological polar surface area (TPSA) is 75.4 Å². The number of hydrogen-bond donors (Lipinski definition) is 1. The summed E-state index contributed by atoms with van der Waals surface area (Å²) in [5.74, 6) is -0.233. The fourth-order valence-electron chi connectivity index (χ4n) is 2.04. The van der Waals surface area contributed by atoms with Gasteiger partial charge in [0.05, 0.1) is 16.6 Å². The van der Waals surface area contributed by atoms with Gasteiger partial charge >= 0.3 is 5.97 Å². The quantitative estimate of drug-likeness (QED) is 0.914. The van der Waals surface area contributed by atoms with E-state index in [9.17, 15) is 9.59 Å². The average molecular weight is 275 g/mol. The third-order valence-electron chi connectivity index (χ3n) is 3.18. The SMILES string of the molecule is CCc1nc2cc(C(=O)O)ccc2n1CC(=O)N(C)C. The van der Waals surface area contributed by atoms with Crippen LogP contribution in [0.5, 0.6) is 0 Å². The molecule has 0 spiro atoms. The second-order valence-corrected chi connectivity index (χ2v) is 4.76. The van der Waals surface area contributed by atoms with Crippen LogP contribution < -0.4 is 0 Å². The minimum Gasteiger partial charge on any atom is -0.478 e. The van der Waals surface area contributed by atoms with Gasteiger partial charge in [-0.2, -0.15) is 0 Å². The summed E-state index contributed by atoms with van der Waals surface area (Å²) in [5.41, 5.74) is 1.58. The number of fused-ring (bicyclic) bond motifs is 1. The number of nitrogens with zero attached hydrogens (tertiary/aromatic N) is 3. The van der Waals surface area contributed by atoms with Crippen molar-refractivity contribution in [2.24, 2.45) is 0 Å². The van der Waals surface area contributed by atoms with Gasteiger partial charge in [0.15, 0.2) is 0 Å². The van der Waals surface area contributed by atoms with E-state index in [1.54, 1.807) is 20.2 Å². The van der Waals surface area contributed by atoms with E-state index in [1.165, 1.54) is 17.0 Å². The van der Waals surface area contributed by atoms with Gasteiger partial charge in [0.1, 0.15) is 12.4 Å². The van der Waals surface area contributed by atoms with E-state index in [0.717, 1.165) is 11.3 Å². The highest BCUT2D eigenvalue weighted by Gasteiger charge is 2.15. The maximum atomic E-state index is 11.9. The number of aromatic nitrogens is 2. The Balaban J connectivity index is 2.52. The molecular formula is C14H17N3O3. The van der Waals surface area contributed by atoms with Crippen LogP contribution in [0.3, 0.4) is 0 Å². The third kappa shape index (κ3) is 2.49. The Morgan fingerprint density at radius 3 is 2.60 bits per heavy atom. The summed E-state index contributed by atoms with van der Waals surface area (Å²) >= 11 is 0. The number of imidazole rings is 1. The molecule has 6 nitrogen and oxygen atoms in total. The Labute approximate surface area is 116 Å². The fraction of sp³-hybridized carbons (Fsp3) is 0.357. The molecular weight excluding hydrogens is 258 g/mol. The van der Waals surface area contributed by atoms with Crippen LogP contribution >= 0.6 is 0 Å². The highest BCUT2D eigenvalue weighted by molar-refractivity contribution is 5.92. The van der Waals surface area contributed by atoms with E-state index < -0.39 is 5.97 Å². The summed E-state index contributed by atoms with van der Waals surface area (Å²) < 4.78 is 1.84. The van der Waals surface area contributed by atoms with Gasteiger partial charge in [-0.05, 0) is 18.2 Å². The number of carbonyl (C=O) groups is 2. The predicted octanol–water partition coefficient (Wildman–Crippen LogP) is 1.39. The van der Waals surface area contributed by atoms with Crippen molar-refractivity contribution in [3.8, 4) is 0 Å². The average Bonchev–Trinajstić information content (AvgIpc) is 2.75. The second kappa shape index (κ2) is 5.32. The number of hydrogen-bond acceptors (Lipinski definition) is 3. The fourth-order valence-corrected chi connectivity index (χ4v) is 2.04. The number of carbonyl (C=O) groups excluding carboxylic acids is 1. The summed E-state index contributed by atoms with van der Waals surface area (Å²) in [7, 11) is 3.41. The van der Waals surface area contributed by atoms with Gasteiger partial charge in [0.25, 0.3) is 0 Å². The first-order chi connectivity index (χ1) is 9.43. The first-order valence-electron chi connectivity index (χ1n) is 6.36. The molecule has 6 heteroatoms. The van der Waals surface area contributed by atoms with Crippen molar-refractivity contribution >= 4 is 22.9 Å². The van der Waals surface area contributed by atoms with Gasteiger partial charge < -0.3 is 14.6 Å². The van der Waals surface area contributed by atoms with Gasteiger partial charge in [-0.15, -0.1) is 0 Å². The highest BCUT2D eigenvalue weighted by Crippen LogP contribution is 2.19. The lowest BCUT2D eigenvalue weighted by Gasteiger charge is -2.13. The predicted molar refractivity (Wildman–Crippen MR) is 74.8 cm³/mol. The van der Waals surface area contributed by atoms with Crippen LogP contribution in [0, 0.1) is 0 Å². The van der Waals surface area contributed by atoms with Crippen molar-refractivity contribution in [2.75, 3.05) is 14.1 Å². The number of amides is 1. The molecule has 0 unspecified atom stereocenters. The van der Waals surface area contributed by atoms with E-state index in [1.807, 2.05) is 11.5 Å². The Morgan fingerprint density at radius 1 is 1.35 bits per heavy atom. The zero-order valence-electron chi connectivity index (χ0n) is 11.8. The molecule has 0 aliphatic carbocycles. The Morgan fingerprint density at radius 2 is 2.05 bits per heavy atom. The van der Waals surface area contributed by atoms with Gasteiger partial charge in [-0.3, -0.25) is 4.79 Å².